The highest BCUT2D eigenvalue weighted by atomic mass is 35.5. The lowest BCUT2D eigenvalue weighted by atomic mass is 10.00. The number of rotatable bonds is 7. The van der Waals surface area contributed by atoms with Crippen LogP contribution in [-0.2, 0) is 24.2 Å². The van der Waals surface area contributed by atoms with Gasteiger partial charge in [0.2, 0.25) is 5.91 Å². The van der Waals surface area contributed by atoms with Gasteiger partial charge in [0.1, 0.15) is 0 Å². The Labute approximate surface area is 174 Å². The van der Waals surface area contributed by atoms with Crippen molar-refractivity contribution in [3.8, 4) is 0 Å². The van der Waals surface area contributed by atoms with Gasteiger partial charge in [-0.3, -0.25) is 9.69 Å². The van der Waals surface area contributed by atoms with E-state index in [0.717, 1.165) is 38.0 Å². The molecule has 2 aromatic rings. The maximum atomic E-state index is 12.1. The minimum atomic E-state index is -0.482. The van der Waals surface area contributed by atoms with Crippen LogP contribution in [0.2, 0.25) is 0 Å². The molecule has 2 aromatic carbocycles. The summed E-state index contributed by atoms with van der Waals surface area (Å²) in [5, 5.41) is 2.97. The van der Waals surface area contributed by atoms with E-state index >= 15 is 0 Å². The van der Waals surface area contributed by atoms with Gasteiger partial charge in [-0.2, -0.15) is 0 Å². The van der Waals surface area contributed by atoms with Crippen molar-refractivity contribution in [2.45, 2.75) is 31.8 Å². The summed E-state index contributed by atoms with van der Waals surface area (Å²) in [6, 6.07) is 18.1. The SMILES string of the molecule is Cl.Cl.NC(Cc1ccccc1)C(=O)NCCCN1CCc2ccccc2C1. The van der Waals surface area contributed by atoms with Crippen molar-refractivity contribution in [2.75, 3.05) is 19.6 Å². The first-order valence-corrected chi connectivity index (χ1v) is 9.09. The zero-order valence-electron chi connectivity index (χ0n) is 15.5. The summed E-state index contributed by atoms with van der Waals surface area (Å²) in [6.07, 6.45) is 2.64. The highest BCUT2D eigenvalue weighted by Crippen LogP contribution is 2.18. The summed E-state index contributed by atoms with van der Waals surface area (Å²) < 4.78 is 0. The number of nitrogens with one attached hydrogen (secondary N) is 1. The van der Waals surface area contributed by atoms with E-state index in [1.54, 1.807) is 0 Å². The molecule has 0 aromatic heterocycles. The summed E-state index contributed by atoms with van der Waals surface area (Å²) in [7, 11) is 0. The van der Waals surface area contributed by atoms with E-state index in [1.807, 2.05) is 30.3 Å². The molecule has 1 aliphatic rings. The number of benzene rings is 2. The fourth-order valence-corrected chi connectivity index (χ4v) is 3.35. The van der Waals surface area contributed by atoms with E-state index < -0.39 is 6.04 Å². The Balaban J connectivity index is 0.00000182. The molecule has 3 rings (SSSR count). The smallest absolute Gasteiger partial charge is 0.237 e. The summed E-state index contributed by atoms with van der Waals surface area (Å²) in [5.41, 5.74) is 10.0. The number of carbonyl (C=O) groups excluding carboxylic acids is 1. The fraction of sp³-hybridized carbons (Fsp3) is 0.381. The Morgan fingerprint density at radius 3 is 2.44 bits per heavy atom. The minimum absolute atomic E-state index is 0. The molecule has 4 nitrogen and oxygen atoms in total. The number of nitrogens with zero attached hydrogens (tertiary/aromatic N) is 1. The normalized spacial score (nSPS) is 14.3. The van der Waals surface area contributed by atoms with Crippen LogP contribution in [0.5, 0.6) is 0 Å². The molecule has 3 N–H and O–H groups in total. The van der Waals surface area contributed by atoms with Crippen LogP contribution in [0, 0.1) is 0 Å². The van der Waals surface area contributed by atoms with E-state index in [0.29, 0.717) is 13.0 Å². The Kier molecular flexibility index (Phi) is 10.4. The molecular formula is C21H29Cl2N3O. The van der Waals surface area contributed by atoms with Crippen LogP contribution in [0.25, 0.3) is 0 Å². The quantitative estimate of drug-likeness (QED) is 0.690. The maximum absolute atomic E-state index is 12.1. The van der Waals surface area contributed by atoms with Crippen molar-refractivity contribution in [3.05, 3.63) is 71.3 Å². The number of hydrogen-bond donors (Lipinski definition) is 2. The molecule has 1 amide bonds. The van der Waals surface area contributed by atoms with Crippen molar-refractivity contribution in [1.29, 1.82) is 0 Å². The number of halogens is 2. The Bertz CT molecular complexity index is 697. The average molecular weight is 410 g/mol. The van der Waals surface area contributed by atoms with Gasteiger partial charge in [-0.25, -0.2) is 0 Å². The molecule has 0 radical (unpaired) electrons. The van der Waals surface area contributed by atoms with E-state index in [2.05, 4.69) is 34.5 Å². The van der Waals surface area contributed by atoms with E-state index in [1.165, 1.54) is 11.1 Å². The second-order valence-electron chi connectivity index (χ2n) is 6.74. The van der Waals surface area contributed by atoms with Crippen LogP contribution < -0.4 is 11.1 Å². The molecule has 6 heteroatoms. The third-order valence-electron chi connectivity index (χ3n) is 4.80. The van der Waals surface area contributed by atoms with Crippen LogP contribution >= 0.6 is 24.8 Å². The second kappa shape index (κ2) is 12.0. The van der Waals surface area contributed by atoms with E-state index in [4.69, 9.17) is 5.73 Å². The molecule has 0 fully saturated rings. The van der Waals surface area contributed by atoms with Crippen molar-refractivity contribution in [1.82, 2.24) is 10.2 Å². The molecule has 1 atom stereocenters. The lowest BCUT2D eigenvalue weighted by molar-refractivity contribution is -0.122. The van der Waals surface area contributed by atoms with E-state index in [9.17, 15) is 4.79 Å². The van der Waals surface area contributed by atoms with Gasteiger partial charge in [-0.15, -0.1) is 24.8 Å². The lowest BCUT2D eigenvalue weighted by Gasteiger charge is -2.28. The van der Waals surface area contributed by atoms with E-state index in [-0.39, 0.29) is 30.7 Å². The molecule has 27 heavy (non-hydrogen) atoms. The van der Waals surface area contributed by atoms with Gasteiger partial charge in [0.25, 0.3) is 0 Å². The van der Waals surface area contributed by atoms with Crippen molar-refractivity contribution in [3.63, 3.8) is 0 Å². The van der Waals surface area contributed by atoms with Crippen LogP contribution in [0.1, 0.15) is 23.1 Å². The Morgan fingerprint density at radius 1 is 1.04 bits per heavy atom. The van der Waals surface area contributed by atoms with Crippen LogP contribution in [0.4, 0.5) is 0 Å². The van der Waals surface area contributed by atoms with Crippen LogP contribution in [-0.4, -0.2) is 36.5 Å². The lowest BCUT2D eigenvalue weighted by Crippen LogP contribution is -2.43. The van der Waals surface area contributed by atoms with Crippen LogP contribution in [0.3, 0.4) is 0 Å². The fourth-order valence-electron chi connectivity index (χ4n) is 3.35. The monoisotopic (exact) mass is 409 g/mol. The topological polar surface area (TPSA) is 58.4 Å². The summed E-state index contributed by atoms with van der Waals surface area (Å²) in [4.78, 5) is 14.6. The second-order valence-corrected chi connectivity index (χ2v) is 6.74. The largest absolute Gasteiger partial charge is 0.355 e. The van der Waals surface area contributed by atoms with Crippen molar-refractivity contribution in [2.24, 2.45) is 5.73 Å². The number of fused-ring (bicyclic) bond motifs is 1. The molecule has 0 saturated carbocycles. The zero-order valence-corrected chi connectivity index (χ0v) is 17.1. The predicted molar refractivity (Wildman–Crippen MR) is 116 cm³/mol. The summed E-state index contributed by atoms with van der Waals surface area (Å²) in [5.74, 6) is -0.0622. The van der Waals surface area contributed by atoms with Gasteiger partial charge in [-0.1, -0.05) is 54.6 Å². The number of amides is 1. The molecule has 148 valence electrons. The van der Waals surface area contributed by atoms with Gasteiger partial charge < -0.3 is 11.1 Å². The molecular weight excluding hydrogens is 381 g/mol. The van der Waals surface area contributed by atoms with Gasteiger partial charge in [0.15, 0.2) is 0 Å². The number of carbonyl (C=O) groups is 1. The first-order chi connectivity index (χ1) is 12.2. The molecule has 0 aliphatic carbocycles. The summed E-state index contributed by atoms with van der Waals surface area (Å²) >= 11 is 0. The molecule has 0 saturated heterocycles. The molecule has 1 aliphatic heterocycles. The highest BCUT2D eigenvalue weighted by molar-refractivity contribution is 5.85. The van der Waals surface area contributed by atoms with Crippen LogP contribution in [0.15, 0.2) is 54.6 Å². The zero-order chi connectivity index (χ0) is 17.5. The highest BCUT2D eigenvalue weighted by Gasteiger charge is 2.16. The van der Waals surface area contributed by atoms with Gasteiger partial charge in [0, 0.05) is 26.2 Å². The van der Waals surface area contributed by atoms with Gasteiger partial charge in [0.05, 0.1) is 6.04 Å². The minimum Gasteiger partial charge on any atom is -0.355 e. The number of nitrogens with two attached hydrogens (primary N) is 1. The Hall–Kier alpha value is -1.59. The molecule has 0 bridgehead atoms. The average Bonchev–Trinajstić information content (AvgIpc) is 2.65. The summed E-state index contributed by atoms with van der Waals surface area (Å²) in [6.45, 7) is 3.79. The standard InChI is InChI=1S/C21H27N3O.2ClH/c22-20(15-17-7-2-1-3-8-17)21(25)23-12-6-13-24-14-11-18-9-4-5-10-19(18)16-24;;/h1-5,7-10,20H,6,11-16,22H2,(H,23,25);2*1H. The first-order valence-electron chi connectivity index (χ1n) is 9.09. The van der Waals surface area contributed by atoms with Gasteiger partial charge >= 0.3 is 0 Å². The third-order valence-corrected chi connectivity index (χ3v) is 4.80. The Morgan fingerprint density at radius 2 is 1.70 bits per heavy atom. The third kappa shape index (κ3) is 7.15. The number of hydrogen-bond acceptors (Lipinski definition) is 3. The van der Waals surface area contributed by atoms with Crippen molar-refractivity contribution < 1.29 is 4.79 Å². The van der Waals surface area contributed by atoms with Gasteiger partial charge in [-0.05, 0) is 36.0 Å². The van der Waals surface area contributed by atoms with Crippen molar-refractivity contribution >= 4 is 30.7 Å². The maximum Gasteiger partial charge on any atom is 0.237 e. The molecule has 1 heterocycles. The predicted octanol–water partition coefficient (Wildman–Crippen LogP) is 2.96. The molecule has 1 unspecified atom stereocenters. The first kappa shape index (κ1) is 23.4. The molecule has 0 spiro atoms.